The average Bonchev–Trinajstić information content (AvgIpc) is 3.39. The first-order valence-corrected chi connectivity index (χ1v) is 10.6. The standard InChI is InChI=1S/C22H24N6O2.CH2O2/c29-21(24-13-16-4-3-11-23-12-16)17-7-9-18(10-8-17)27-22(30)19-5-1-2-6-20(19)28-14-25-26-15-28;2-1-3/h1-6,11-12,14-15,17-18H,7-10,13H2,(H,24,29)(H,27,30);1H,(H,2,3). The second kappa shape index (κ2) is 12.1. The molecule has 1 aliphatic carbocycles. The van der Waals surface area contributed by atoms with Crippen LogP contribution in [0.1, 0.15) is 41.6 Å². The van der Waals surface area contributed by atoms with Crippen LogP contribution in [0.4, 0.5) is 0 Å². The van der Waals surface area contributed by atoms with Gasteiger partial charge in [-0.15, -0.1) is 10.2 Å². The van der Waals surface area contributed by atoms with Gasteiger partial charge in [0.1, 0.15) is 12.7 Å². The third-order valence-electron chi connectivity index (χ3n) is 5.47. The molecule has 3 aromatic rings. The van der Waals surface area contributed by atoms with E-state index in [0.29, 0.717) is 12.1 Å². The number of hydrogen-bond donors (Lipinski definition) is 3. The first-order valence-electron chi connectivity index (χ1n) is 10.6. The molecule has 4 rings (SSSR count). The van der Waals surface area contributed by atoms with E-state index in [1.807, 2.05) is 30.3 Å². The van der Waals surface area contributed by atoms with Crippen molar-refractivity contribution in [3.63, 3.8) is 0 Å². The molecule has 1 fully saturated rings. The lowest BCUT2D eigenvalue weighted by molar-refractivity contribution is -0.126. The number of carbonyl (C=O) groups is 3. The van der Waals surface area contributed by atoms with Crippen molar-refractivity contribution in [2.75, 3.05) is 0 Å². The second-order valence-electron chi connectivity index (χ2n) is 7.59. The van der Waals surface area contributed by atoms with Crippen LogP contribution in [0.15, 0.2) is 61.4 Å². The van der Waals surface area contributed by atoms with Crippen molar-refractivity contribution < 1.29 is 19.5 Å². The highest BCUT2D eigenvalue weighted by Gasteiger charge is 2.27. The zero-order valence-electron chi connectivity index (χ0n) is 18.0. The van der Waals surface area contributed by atoms with Crippen molar-refractivity contribution in [1.29, 1.82) is 0 Å². The van der Waals surface area contributed by atoms with Crippen LogP contribution in [0.3, 0.4) is 0 Å². The van der Waals surface area contributed by atoms with E-state index in [4.69, 9.17) is 9.90 Å². The predicted molar refractivity (Wildman–Crippen MR) is 119 cm³/mol. The van der Waals surface area contributed by atoms with Crippen LogP contribution in [0.2, 0.25) is 0 Å². The summed E-state index contributed by atoms with van der Waals surface area (Å²) in [6.07, 6.45) is 9.70. The maximum atomic E-state index is 12.9. The van der Waals surface area contributed by atoms with Crippen LogP contribution < -0.4 is 10.6 Å². The highest BCUT2D eigenvalue weighted by Crippen LogP contribution is 2.25. The summed E-state index contributed by atoms with van der Waals surface area (Å²) in [5.41, 5.74) is 2.30. The highest BCUT2D eigenvalue weighted by molar-refractivity contribution is 5.98. The zero-order valence-corrected chi connectivity index (χ0v) is 18.0. The molecule has 0 saturated heterocycles. The highest BCUT2D eigenvalue weighted by atomic mass is 16.3. The first-order chi connectivity index (χ1) is 16.1. The molecular formula is C23H26N6O4. The Bertz CT molecular complexity index is 1030. The number of rotatable bonds is 6. The van der Waals surface area contributed by atoms with Gasteiger partial charge in [-0.2, -0.15) is 0 Å². The van der Waals surface area contributed by atoms with E-state index in [9.17, 15) is 9.59 Å². The van der Waals surface area contributed by atoms with Crippen LogP contribution in [-0.2, 0) is 16.1 Å². The molecule has 0 bridgehead atoms. The minimum Gasteiger partial charge on any atom is -0.483 e. The van der Waals surface area contributed by atoms with E-state index in [1.165, 1.54) is 0 Å². The minimum absolute atomic E-state index is 0.0147. The number of pyridine rings is 1. The van der Waals surface area contributed by atoms with Crippen molar-refractivity contribution in [2.45, 2.75) is 38.3 Å². The fourth-order valence-electron chi connectivity index (χ4n) is 3.82. The molecule has 0 spiro atoms. The predicted octanol–water partition coefficient (Wildman–Crippen LogP) is 1.97. The van der Waals surface area contributed by atoms with E-state index in [-0.39, 0.29) is 30.2 Å². The largest absolute Gasteiger partial charge is 0.483 e. The molecule has 2 heterocycles. The Morgan fingerprint density at radius 3 is 2.42 bits per heavy atom. The fraction of sp³-hybridized carbons (Fsp3) is 0.304. The van der Waals surface area contributed by atoms with Crippen LogP contribution in [-0.4, -0.2) is 49.2 Å². The average molecular weight is 450 g/mol. The molecule has 1 saturated carbocycles. The Morgan fingerprint density at radius 1 is 1.06 bits per heavy atom. The summed E-state index contributed by atoms with van der Waals surface area (Å²) in [6.45, 7) is 0.239. The topological polar surface area (TPSA) is 139 Å². The van der Waals surface area contributed by atoms with Gasteiger partial charge in [0.15, 0.2) is 0 Å². The van der Waals surface area contributed by atoms with E-state index in [1.54, 1.807) is 35.7 Å². The van der Waals surface area contributed by atoms with Gasteiger partial charge in [0, 0.05) is 30.9 Å². The SMILES string of the molecule is O=C(NC1CCC(C(=O)NCc2cccnc2)CC1)c1ccccc1-n1cnnc1.O=CO. The van der Waals surface area contributed by atoms with Crippen molar-refractivity contribution in [3.8, 4) is 5.69 Å². The summed E-state index contributed by atoms with van der Waals surface area (Å²) in [4.78, 5) is 37.7. The lowest BCUT2D eigenvalue weighted by atomic mass is 9.85. The molecule has 0 aliphatic heterocycles. The first kappa shape index (κ1) is 23.6. The fourth-order valence-corrected chi connectivity index (χ4v) is 3.82. The van der Waals surface area contributed by atoms with Gasteiger partial charge in [0.25, 0.3) is 12.4 Å². The second-order valence-corrected chi connectivity index (χ2v) is 7.59. The summed E-state index contributed by atoms with van der Waals surface area (Å²) in [5, 5.41) is 20.6. The van der Waals surface area contributed by atoms with Gasteiger partial charge in [-0.05, 0) is 49.4 Å². The van der Waals surface area contributed by atoms with Gasteiger partial charge in [0.05, 0.1) is 11.3 Å². The molecule has 3 N–H and O–H groups in total. The van der Waals surface area contributed by atoms with E-state index in [0.717, 1.165) is 36.9 Å². The Hall–Kier alpha value is -4.08. The van der Waals surface area contributed by atoms with Crippen molar-refractivity contribution in [1.82, 2.24) is 30.4 Å². The maximum Gasteiger partial charge on any atom is 0.290 e. The summed E-state index contributed by atoms with van der Waals surface area (Å²) >= 11 is 0. The summed E-state index contributed by atoms with van der Waals surface area (Å²) < 4.78 is 1.72. The van der Waals surface area contributed by atoms with Crippen LogP contribution in [0.25, 0.3) is 5.69 Å². The number of amides is 2. The van der Waals surface area contributed by atoms with Gasteiger partial charge in [-0.3, -0.25) is 23.9 Å². The van der Waals surface area contributed by atoms with Crippen molar-refractivity contribution >= 4 is 18.3 Å². The van der Waals surface area contributed by atoms with E-state index >= 15 is 0 Å². The zero-order chi connectivity index (χ0) is 23.5. The normalized spacial score (nSPS) is 17.2. The van der Waals surface area contributed by atoms with Gasteiger partial charge in [-0.25, -0.2) is 0 Å². The molecule has 10 nitrogen and oxygen atoms in total. The lowest BCUT2D eigenvalue weighted by Crippen LogP contribution is -2.41. The van der Waals surface area contributed by atoms with E-state index < -0.39 is 0 Å². The van der Waals surface area contributed by atoms with Gasteiger partial charge < -0.3 is 15.7 Å². The third-order valence-corrected chi connectivity index (χ3v) is 5.47. The molecule has 0 atom stereocenters. The molecule has 10 heteroatoms. The molecule has 33 heavy (non-hydrogen) atoms. The number of aromatic nitrogens is 4. The van der Waals surface area contributed by atoms with Crippen LogP contribution in [0, 0.1) is 5.92 Å². The van der Waals surface area contributed by atoms with Crippen molar-refractivity contribution in [3.05, 3.63) is 72.6 Å². The smallest absolute Gasteiger partial charge is 0.290 e. The van der Waals surface area contributed by atoms with Gasteiger partial charge >= 0.3 is 0 Å². The molecule has 1 aromatic carbocycles. The monoisotopic (exact) mass is 450 g/mol. The molecule has 0 radical (unpaired) electrons. The number of nitrogens with one attached hydrogen (secondary N) is 2. The molecule has 2 amide bonds. The van der Waals surface area contributed by atoms with Crippen LogP contribution in [0.5, 0.6) is 0 Å². The molecule has 172 valence electrons. The minimum atomic E-state index is -0.250. The molecular weight excluding hydrogens is 424 g/mol. The van der Waals surface area contributed by atoms with Gasteiger partial charge in [0.2, 0.25) is 5.91 Å². The molecule has 0 unspecified atom stereocenters. The number of benzene rings is 1. The Balaban J connectivity index is 0.000000968. The number of carboxylic acid groups (broad SMARTS) is 1. The number of para-hydroxylation sites is 1. The Kier molecular flexibility index (Phi) is 8.63. The van der Waals surface area contributed by atoms with Gasteiger partial charge in [-0.1, -0.05) is 18.2 Å². The molecule has 2 aromatic heterocycles. The third kappa shape index (κ3) is 6.70. The Morgan fingerprint density at radius 2 is 1.76 bits per heavy atom. The summed E-state index contributed by atoms with van der Waals surface area (Å²) in [7, 11) is 0. The Labute approximate surface area is 191 Å². The summed E-state index contributed by atoms with van der Waals surface area (Å²) in [5.74, 6) is -0.0653. The molecule has 1 aliphatic rings. The maximum absolute atomic E-state index is 12.9. The lowest BCUT2D eigenvalue weighted by Gasteiger charge is -2.28. The van der Waals surface area contributed by atoms with Crippen LogP contribution >= 0.6 is 0 Å². The number of nitrogens with zero attached hydrogens (tertiary/aromatic N) is 4. The summed E-state index contributed by atoms with van der Waals surface area (Å²) in [6, 6.07) is 11.2. The number of carbonyl (C=O) groups excluding carboxylic acids is 2. The van der Waals surface area contributed by atoms with E-state index in [2.05, 4.69) is 25.8 Å². The quantitative estimate of drug-likeness (QED) is 0.488. The van der Waals surface area contributed by atoms with Crippen molar-refractivity contribution in [2.24, 2.45) is 5.92 Å². The number of hydrogen-bond acceptors (Lipinski definition) is 6.